The number of aryl methyl sites for hydroxylation is 1. The van der Waals surface area contributed by atoms with E-state index in [1.165, 1.54) is 9.87 Å². The van der Waals surface area contributed by atoms with Crippen LogP contribution in [-0.2, 0) is 10.0 Å². The summed E-state index contributed by atoms with van der Waals surface area (Å²) in [5.74, 6) is 1.20. The number of hydrogen-bond donors (Lipinski definition) is 1. The molecule has 1 aromatic heterocycles. The minimum atomic E-state index is -3.11. The smallest absolute Gasteiger partial charge is 0.213 e. The standard InChI is InChI=1S/C17H26N4O2S/c1-13-7-8-14-15(12-13)19-17(18-14)16-6-4-9-21(16)10-5-11-24(22,23)20(2)3/h7-8,12,16H,4-6,9-11H2,1-3H3,(H,18,19)/t16-/m1/s1. The first-order valence-corrected chi connectivity index (χ1v) is 10.1. The Balaban J connectivity index is 1.68. The third-order valence-electron chi connectivity index (χ3n) is 4.74. The summed E-state index contributed by atoms with van der Waals surface area (Å²) >= 11 is 0. The average molecular weight is 350 g/mol. The summed E-state index contributed by atoms with van der Waals surface area (Å²) in [6.45, 7) is 3.86. The maximum Gasteiger partial charge on any atom is 0.213 e. The van der Waals surface area contributed by atoms with Crippen LogP contribution >= 0.6 is 0 Å². The molecule has 1 N–H and O–H groups in total. The molecule has 2 heterocycles. The molecule has 1 aliphatic heterocycles. The lowest BCUT2D eigenvalue weighted by Crippen LogP contribution is -2.30. The van der Waals surface area contributed by atoms with Crippen molar-refractivity contribution in [2.75, 3.05) is 32.9 Å². The fraction of sp³-hybridized carbons (Fsp3) is 0.588. The second-order valence-corrected chi connectivity index (χ2v) is 9.09. The van der Waals surface area contributed by atoms with Crippen molar-refractivity contribution >= 4 is 21.1 Å². The number of fused-ring (bicyclic) bond motifs is 1. The molecule has 7 heteroatoms. The first-order valence-electron chi connectivity index (χ1n) is 8.47. The highest BCUT2D eigenvalue weighted by molar-refractivity contribution is 7.89. The van der Waals surface area contributed by atoms with E-state index in [1.54, 1.807) is 14.1 Å². The number of hydrogen-bond acceptors (Lipinski definition) is 4. The molecule has 0 spiro atoms. The summed E-state index contributed by atoms with van der Waals surface area (Å²) in [7, 11) is 0.0613. The van der Waals surface area contributed by atoms with E-state index in [1.807, 2.05) is 6.07 Å². The van der Waals surface area contributed by atoms with E-state index < -0.39 is 10.0 Å². The Kier molecular flexibility index (Phi) is 4.94. The molecule has 1 saturated heterocycles. The van der Waals surface area contributed by atoms with Crippen LogP contribution in [0.3, 0.4) is 0 Å². The van der Waals surface area contributed by atoms with Crippen molar-refractivity contribution in [1.29, 1.82) is 0 Å². The van der Waals surface area contributed by atoms with E-state index >= 15 is 0 Å². The number of nitrogens with one attached hydrogen (secondary N) is 1. The molecule has 24 heavy (non-hydrogen) atoms. The number of likely N-dealkylation sites (tertiary alicyclic amines) is 1. The number of aromatic amines is 1. The molecule has 132 valence electrons. The third-order valence-corrected chi connectivity index (χ3v) is 6.66. The molecule has 6 nitrogen and oxygen atoms in total. The predicted molar refractivity (Wildman–Crippen MR) is 96.5 cm³/mol. The van der Waals surface area contributed by atoms with Crippen LogP contribution in [0, 0.1) is 6.92 Å². The van der Waals surface area contributed by atoms with Crippen molar-refractivity contribution in [1.82, 2.24) is 19.2 Å². The van der Waals surface area contributed by atoms with Crippen molar-refractivity contribution in [2.45, 2.75) is 32.2 Å². The molecular weight excluding hydrogens is 324 g/mol. The molecule has 1 aromatic carbocycles. The van der Waals surface area contributed by atoms with Gasteiger partial charge in [-0.2, -0.15) is 0 Å². The number of sulfonamides is 1. The van der Waals surface area contributed by atoms with Gasteiger partial charge in [-0.05, 0) is 57.0 Å². The summed E-state index contributed by atoms with van der Waals surface area (Å²) in [5, 5.41) is 0. The zero-order valence-electron chi connectivity index (χ0n) is 14.6. The summed E-state index contributed by atoms with van der Waals surface area (Å²) in [6.07, 6.45) is 2.84. The second-order valence-electron chi connectivity index (χ2n) is 6.79. The van der Waals surface area contributed by atoms with Gasteiger partial charge in [0, 0.05) is 14.1 Å². The SMILES string of the molecule is Cc1ccc2nc([C@H]3CCCN3CCCS(=O)(=O)N(C)C)[nH]c2c1. The van der Waals surface area contributed by atoms with E-state index in [0.717, 1.165) is 42.8 Å². The number of nitrogens with zero attached hydrogens (tertiary/aromatic N) is 3. The lowest BCUT2D eigenvalue weighted by molar-refractivity contribution is 0.250. The second kappa shape index (κ2) is 6.82. The van der Waals surface area contributed by atoms with E-state index in [2.05, 4.69) is 28.9 Å². The first kappa shape index (κ1) is 17.4. The molecule has 2 aromatic rings. The van der Waals surface area contributed by atoms with Gasteiger partial charge in [0.1, 0.15) is 5.82 Å². The van der Waals surface area contributed by atoms with Gasteiger partial charge >= 0.3 is 0 Å². The Morgan fingerprint density at radius 1 is 1.38 bits per heavy atom. The van der Waals surface area contributed by atoms with Gasteiger partial charge in [-0.15, -0.1) is 0 Å². The summed E-state index contributed by atoms with van der Waals surface area (Å²) in [5.41, 5.74) is 3.29. The van der Waals surface area contributed by atoms with Crippen molar-refractivity contribution < 1.29 is 8.42 Å². The maximum absolute atomic E-state index is 11.9. The Labute approximate surface area is 143 Å². The molecule has 0 saturated carbocycles. The number of rotatable bonds is 6. The minimum Gasteiger partial charge on any atom is -0.341 e. The Morgan fingerprint density at radius 2 is 2.17 bits per heavy atom. The minimum absolute atomic E-state index is 0.197. The zero-order chi connectivity index (χ0) is 17.3. The van der Waals surface area contributed by atoms with Crippen molar-refractivity contribution in [2.24, 2.45) is 0 Å². The van der Waals surface area contributed by atoms with Crippen LogP contribution in [0.4, 0.5) is 0 Å². The molecule has 1 atom stereocenters. The predicted octanol–water partition coefficient (Wildman–Crippen LogP) is 2.29. The summed E-state index contributed by atoms with van der Waals surface area (Å²) < 4.78 is 25.1. The van der Waals surface area contributed by atoms with E-state index in [4.69, 9.17) is 4.98 Å². The van der Waals surface area contributed by atoms with Crippen LogP contribution in [0.1, 0.15) is 36.7 Å². The highest BCUT2D eigenvalue weighted by Gasteiger charge is 2.28. The molecule has 0 unspecified atom stereocenters. The topological polar surface area (TPSA) is 69.3 Å². The van der Waals surface area contributed by atoms with E-state index in [9.17, 15) is 8.42 Å². The lowest BCUT2D eigenvalue weighted by atomic mass is 10.2. The molecule has 0 aliphatic carbocycles. The van der Waals surface area contributed by atoms with Crippen LogP contribution < -0.4 is 0 Å². The van der Waals surface area contributed by atoms with E-state index in [0.29, 0.717) is 6.42 Å². The van der Waals surface area contributed by atoms with Gasteiger partial charge in [0.2, 0.25) is 10.0 Å². The summed E-state index contributed by atoms with van der Waals surface area (Å²) in [6, 6.07) is 6.51. The highest BCUT2D eigenvalue weighted by Crippen LogP contribution is 2.31. The van der Waals surface area contributed by atoms with Crippen molar-refractivity contribution in [3.05, 3.63) is 29.6 Å². The van der Waals surface area contributed by atoms with Gasteiger partial charge in [0.25, 0.3) is 0 Å². The van der Waals surface area contributed by atoms with Gasteiger partial charge in [-0.3, -0.25) is 4.90 Å². The van der Waals surface area contributed by atoms with Gasteiger partial charge < -0.3 is 4.98 Å². The molecule has 1 aliphatic rings. The van der Waals surface area contributed by atoms with Crippen LogP contribution in [0.5, 0.6) is 0 Å². The van der Waals surface area contributed by atoms with Gasteiger partial charge in [0.05, 0.1) is 22.8 Å². The van der Waals surface area contributed by atoms with Crippen molar-refractivity contribution in [3.8, 4) is 0 Å². The number of benzene rings is 1. The maximum atomic E-state index is 11.9. The van der Waals surface area contributed by atoms with Crippen LogP contribution in [0.25, 0.3) is 11.0 Å². The van der Waals surface area contributed by atoms with Crippen LogP contribution in [0.2, 0.25) is 0 Å². The Hall–Kier alpha value is -1.44. The molecule has 0 amide bonds. The fourth-order valence-electron chi connectivity index (χ4n) is 3.34. The van der Waals surface area contributed by atoms with Gasteiger partial charge in [-0.25, -0.2) is 17.7 Å². The van der Waals surface area contributed by atoms with Crippen LogP contribution in [-0.4, -0.2) is 60.5 Å². The molecule has 3 rings (SSSR count). The number of imidazole rings is 1. The first-order chi connectivity index (χ1) is 11.4. The quantitative estimate of drug-likeness (QED) is 0.868. The molecule has 0 radical (unpaired) electrons. The van der Waals surface area contributed by atoms with Gasteiger partial charge in [-0.1, -0.05) is 6.07 Å². The largest absolute Gasteiger partial charge is 0.341 e. The highest BCUT2D eigenvalue weighted by atomic mass is 32.2. The third kappa shape index (κ3) is 3.63. The van der Waals surface area contributed by atoms with E-state index in [-0.39, 0.29) is 11.8 Å². The normalized spacial score (nSPS) is 19.6. The lowest BCUT2D eigenvalue weighted by Gasteiger charge is -2.23. The number of aromatic nitrogens is 2. The zero-order valence-corrected chi connectivity index (χ0v) is 15.4. The monoisotopic (exact) mass is 350 g/mol. The molecule has 1 fully saturated rings. The van der Waals surface area contributed by atoms with Gasteiger partial charge in [0.15, 0.2) is 0 Å². The Morgan fingerprint density at radius 3 is 2.92 bits per heavy atom. The van der Waals surface area contributed by atoms with Crippen molar-refractivity contribution in [3.63, 3.8) is 0 Å². The molecular formula is C17H26N4O2S. The fourth-order valence-corrected chi connectivity index (χ4v) is 4.20. The summed E-state index contributed by atoms with van der Waals surface area (Å²) in [4.78, 5) is 10.6. The van der Waals surface area contributed by atoms with Crippen LogP contribution in [0.15, 0.2) is 18.2 Å². The molecule has 0 bridgehead atoms. The Bertz CT molecular complexity index is 813. The number of H-pyrrole nitrogens is 1. The average Bonchev–Trinajstić information content (AvgIpc) is 3.12.